The van der Waals surface area contributed by atoms with Crippen molar-refractivity contribution < 1.29 is 9.53 Å². The molecular formula is C9H9N3O2. The van der Waals surface area contributed by atoms with Crippen molar-refractivity contribution in [2.24, 2.45) is 0 Å². The number of hydrogen-bond acceptors (Lipinski definition) is 4. The molecule has 0 saturated carbocycles. The average Bonchev–Trinajstić information content (AvgIpc) is 2.60. The van der Waals surface area contributed by atoms with E-state index >= 15 is 0 Å². The van der Waals surface area contributed by atoms with E-state index in [2.05, 4.69) is 10.1 Å². The molecule has 0 fully saturated rings. The molecule has 0 bridgehead atoms. The number of carbonyl (C=O) groups excluding carboxylic acids is 1. The van der Waals surface area contributed by atoms with Crippen LogP contribution in [0.1, 0.15) is 17.4 Å². The zero-order valence-electron chi connectivity index (χ0n) is 7.67. The Kier molecular flexibility index (Phi) is 2.14. The van der Waals surface area contributed by atoms with Crippen molar-refractivity contribution in [3.63, 3.8) is 0 Å². The number of ether oxygens (including phenoxy) is 1. The Morgan fingerprint density at radius 1 is 1.57 bits per heavy atom. The fourth-order valence-corrected chi connectivity index (χ4v) is 1.18. The molecule has 5 nitrogen and oxygen atoms in total. The summed E-state index contributed by atoms with van der Waals surface area (Å²) >= 11 is 0. The molecule has 0 radical (unpaired) electrons. The van der Waals surface area contributed by atoms with Gasteiger partial charge in [0.25, 0.3) is 0 Å². The van der Waals surface area contributed by atoms with Crippen molar-refractivity contribution in [2.45, 2.75) is 6.92 Å². The summed E-state index contributed by atoms with van der Waals surface area (Å²) in [4.78, 5) is 14.6. The summed E-state index contributed by atoms with van der Waals surface area (Å²) in [5, 5.41) is 4.10. The van der Waals surface area contributed by atoms with Gasteiger partial charge in [-0.1, -0.05) is 0 Å². The van der Waals surface area contributed by atoms with Crippen molar-refractivity contribution in [1.82, 2.24) is 14.6 Å². The van der Waals surface area contributed by atoms with Crippen molar-refractivity contribution in [3.8, 4) is 5.88 Å². The predicted octanol–water partition coefficient (Wildman–Crippen LogP) is 0.940. The summed E-state index contributed by atoms with van der Waals surface area (Å²) in [7, 11) is 0. The maximum atomic E-state index is 10.6. The van der Waals surface area contributed by atoms with Crippen LogP contribution in [0.3, 0.4) is 0 Å². The van der Waals surface area contributed by atoms with Gasteiger partial charge in [0.15, 0.2) is 11.9 Å². The molecule has 2 aromatic rings. The topological polar surface area (TPSA) is 56.5 Å². The molecule has 14 heavy (non-hydrogen) atoms. The van der Waals surface area contributed by atoms with Gasteiger partial charge in [-0.05, 0) is 13.0 Å². The van der Waals surface area contributed by atoms with Gasteiger partial charge < -0.3 is 4.74 Å². The minimum absolute atomic E-state index is 0.418. The Hall–Kier alpha value is -1.91. The highest BCUT2D eigenvalue weighted by molar-refractivity contribution is 5.73. The third-order valence-electron chi connectivity index (χ3n) is 1.78. The first-order valence-electron chi connectivity index (χ1n) is 4.28. The van der Waals surface area contributed by atoms with E-state index in [9.17, 15) is 4.79 Å². The lowest BCUT2D eigenvalue weighted by atomic mass is 10.5. The normalized spacial score (nSPS) is 10.4. The second-order valence-electron chi connectivity index (χ2n) is 2.68. The quantitative estimate of drug-likeness (QED) is 0.677. The number of rotatable bonds is 3. The highest BCUT2D eigenvalue weighted by Gasteiger charge is 2.04. The predicted molar refractivity (Wildman–Crippen MR) is 49.5 cm³/mol. The minimum atomic E-state index is 0.418. The Morgan fingerprint density at radius 3 is 3.14 bits per heavy atom. The van der Waals surface area contributed by atoms with Crippen LogP contribution in [0.25, 0.3) is 5.65 Å². The molecule has 2 heterocycles. The summed E-state index contributed by atoms with van der Waals surface area (Å²) < 4.78 is 6.66. The van der Waals surface area contributed by atoms with Crippen molar-refractivity contribution in [3.05, 3.63) is 24.0 Å². The number of nitrogens with zero attached hydrogens (tertiary/aromatic N) is 3. The van der Waals surface area contributed by atoms with Crippen LogP contribution in [-0.2, 0) is 0 Å². The highest BCUT2D eigenvalue weighted by Crippen LogP contribution is 2.09. The van der Waals surface area contributed by atoms with Gasteiger partial charge in [-0.2, -0.15) is 0 Å². The van der Waals surface area contributed by atoms with E-state index in [-0.39, 0.29) is 0 Å². The van der Waals surface area contributed by atoms with E-state index in [1.165, 1.54) is 10.7 Å². The van der Waals surface area contributed by atoms with Gasteiger partial charge in [0.2, 0.25) is 5.88 Å². The zero-order valence-corrected chi connectivity index (χ0v) is 7.67. The van der Waals surface area contributed by atoms with Gasteiger partial charge in [-0.3, -0.25) is 4.79 Å². The molecule has 5 heteroatoms. The van der Waals surface area contributed by atoms with E-state index in [1.54, 1.807) is 12.1 Å². The van der Waals surface area contributed by atoms with Gasteiger partial charge in [0.1, 0.15) is 5.69 Å². The number of aldehydes is 1. The second-order valence-corrected chi connectivity index (χ2v) is 2.68. The lowest BCUT2D eigenvalue weighted by Gasteiger charge is -2.01. The Morgan fingerprint density at radius 2 is 2.43 bits per heavy atom. The Labute approximate surface area is 80.3 Å². The molecular weight excluding hydrogens is 182 g/mol. The molecule has 0 saturated heterocycles. The molecule has 0 atom stereocenters. The number of aromatic nitrogens is 3. The second kappa shape index (κ2) is 3.45. The fraction of sp³-hybridized carbons (Fsp3) is 0.222. The lowest BCUT2D eigenvalue weighted by molar-refractivity contribution is 0.111. The van der Waals surface area contributed by atoms with Gasteiger partial charge in [0.05, 0.1) is 12.8 Å². The molecule has 2 rings (SSSR count). The van der Waals surface area contributed by atoms with E-state index in [1.807, 2.05) is 6.92 Å². The van der Waals surface area contributed by atoms with Crippen LogP contribution in [0.2, 0.25) is 0 Å². The zero-order chi connectivity index (χ0) is 9.97. The Balaban J connectivity index is 2.55. The first-order valence-corrected chi connectivity index (χ1v) is 4.28. The van der Waals surface area contributed by atoms with E-state index in [0.29, 0.717) is 30.1 Å². The van der Waals surface area contributed by atoms with Crippen molar-refractivity contribution in [1.29, 1.82) is 0 Å². The molecule has 0 aliphatic heterocycles. The Bertz CT molecular complexity index is 464. The summed E-state index contributed by atoms with van der Waals surface area (Å²) in [6.07, 6.45) is 2.19. The fourth-order valence-electron chi connectivity index (χ4n) is 1.18. The summed E-state index contributed by atoms with van der Waals surface area (Å²) in [6.45, 7) is 2.42. The smallest absolute Gasteiger partial charge is 0.231 e. The van der Waals surface area contributed by atoms with Gasteiger partial charge in [-0.15, -0.1) is 5.10 Å². The van der Waals surface area contributed by atoms with Crippen LogP contribution >= 0.6 is 0 Å². The molecule has 0 N–H and O–H groups in total. The van der Waals surface area contributed by atoms with Crippen LogP contribution in [0.5, 0.6) is 5.88 Å². The highest BCUT2D eigenvalue weighted by atomic mass is 16.5. The SMILES string of the molecule is CCOc1ccc2ncc(C=O)n2n1. The number of hydrogen-bond donors (Lipinski definition) is 0. The first kappa shape index (κ1) is 8.68. The van der Waals surface area contributed by atoms with E-state index in [4.69, 9.17) is 4.74 Å². The van der Waals surface area contributed by atoms with Crippen LogP contribution in [0.15, 0.2) is 18.3 Å². The molecule has 0 spiro atoms. The maximum absolute atomic E-state index is 10.6. The van der Waals surface area contributed by atoms with Crippen LogP contribution in [-0.4, -0.2) is 27.5 Å². The van der Waals surface area contributed by atoms with E-state index < -0.39 is 0 Å². The average molecular weight is 191 g/mol. The van der Waals surface area contributed by atoms with Crippen LogP contribution in [0.4, 0.5) is 0 Å². The van der Waals surface area contributed by atoms with Crippen LogP contribution in [0, 0.1) is 0 Å². The van der Waals surface area contributed by atoms with Gasteiger partial charge in [0, 0.05) is 6.07 Å². The standard InChI is InChI=1S/C9H9N3O2/c1-2-14-9-4-3-8-10-5-7(6-13)12(8)11-9/h3-6H,2H2,1H3. The van der Waals surface area contributed by atoms with Crippen molar-refractivity contribution >= 4 is 11.9 Å². The molecule has 0 aliphatic rings. The molecule has 0 amide bonds. The van der Waals surface area contributed by atoms with Crippen molar-refractivity contribution in [2.75, 3.05) is 6.61 Å². The molecule has 0 unspecified atom stereocenters. The number of fused-ring (bicyclic) bond motifs is 1. The molecule has 72 valence electrons. The molecule has 0 aliphatic carbocycles. The lowest BCUT2D eigenvalue weighted by Crippen LogP contribution is -2.01. The number of imidazole rings is 1. The largest absolute Gasteiger partial charge is 0.477 e. The first-order chi connectivity index (χ1) is 6.85. The minimum Gasteiger partial charge on any atom is -0.477 e. The molecule has 2 aromatic heterocycles. The number of carbonyl (C=O) groups is 1. The maximum Gasteiger partial charge on any atom is 0.231 e. The van der Waals surface area contributed by atoms with E-state index in [0.717, 1.165) is 0 Å². The van der Waals surface area contributed by atoms with Crippen LogP contribution < -0.4 is 4.74 Å². The summed E-state index contributed by atoms with van der Waals surface area (Å²) in [5.41, 5.74) is 1.05. The van der Waals surface area contributed by atoms with Gasteiger partial charge >= 0.3 is 0 Å². The van der Waals surface area contributed by atoms with Gasteiger partial charge in [-0.25, -0.2) is 9.50 Å². The molecule has 0 aromatic carbocycles. The third-order valence-corrected chi connectivity index (χ3v) is 1.78. The third kappa shape index (κ3) is 1.32. The monoisotopic (exact) mass is 191 g/mol. The summed E-state index contributed by atoms with van der Waals surface area (Å²) in [5.74, 6) is 0.487. The summed E-state index contributed by atoms with van der Waals surface area (Å²) in [6, 6.07) is 3.48.